The Labute approximate surface area is 142 Å². The molecule has 1 aromatic heterocycles. The normalized spacial score (nSPS) is 17.9. The lowest BCUT2D eigenvalue weighted by Gasteiger charge is -2.16. The number of rotatable bonds is 5. The minimum atomic E-state index is 0.0526. The van der Waals surface area contributed by atoms with Gasteiger partial charge in [0.25, 0.3) is 0 Å². The van der Waals surface area contributed by atoms with Gasteiger partial charge in [0.15, 0.2) is 5.43 Å². The van der Waals surface area contributed by atoms with Crippen LogP contribution in [0.25, 0.3) is 10.9 Å². The van der Waals surface area contributed by atoms with E-state index in [1.54, 1.807) is 6.07 Å². The fourth-order valence-corrected chi connectivity index (χ4v) is 3.46. The van der Waals surface area contributed by atoms with E-state index in [9.17, 15) is 9.59 Å². The van der Waals surface area contributed by atoms with E-state index in [0.717, 1.165) is 47.2 Å². The van der Waals surface area contributed by atoms with Crippen LogP contribution in [-0.2, 0) is 11.3 Å². The Hall–Kier alpha value is -2.14. The molecule has 1 aliphatic rings. The van der Waals surface area contributed by atoms with Crippen LogP contribution in [0.2, 0.25) is 0 Å². The lowest BCUT2D eigenvalue weighted by molar-refractivity contribution is -0.127. The van der Waals surface area contributed by atoms with Crippen molar-refractivity contribution in [1.29, 1.82) is 0 Å². The fraction of sp³-hybridized carbons (Fsp3) is 0.474. The average molecular weight is 327 g/mol. The number of aryl methyl sites for hydroxylation is 2. The van der Waals surface area contributed by atoms with Gasteiger partial charge in [0.2, 0.25) is 5.91 Å². The molecule has 0 aliphatic carbocycles. The van der Waals surface area contributed by atoms with E-state index in [4.69, 9.17) is 0 Å². The van der Waals surface area contributed by atoms with Crippen LogP contribution in [0.3, 0.4) is 0 Å². The zero-order valence-corrected chi connectivity index (χ0v) is 14.6. The highest BCUT2D eigenvalue weighted by molar-refractivity contribution is 5.84. The van der Waals surface area contributed by atoms with Crippen LogP contribution in [0, 0.1) is 13.8 Å². The maximum Gasteiger partial charge on any atom is 0.224 e. The quantitative estimate of drug-likeness (QED) is 0.885. The Balaban J connectivity index is 1.76. The highest BCUT2D eigenvalue weighted by Gasteiger charge is 2.28. The third-order valence-corrected chi connectivity index (χ3v) is 4.75. The van der Waals surface area contributed by atoms with Crippen LogP contribution in [0.4, 0.5) is 0 Å². The summed E-state index contributed by atoms with van der Waals surface area (Å²) in [5.41, 5.74) is 3.89. The number of aromatic amines is 1. The number of fused-ring (bicyclic) bond motifs is 1. The summed E-state index contributed by atoms with van der Waals surface area (Å²) in [5.74, 6) is 0.216. The topological polar surface area (TPSA) is 65.2 Å². The molecule has 128 valence electrons. The number of carbonyl (C=O) groups excluding carboxylic acids is 1. The summed E-state index contributed by atoms with van der Waals surface area (Å²) >= 11 is 0. The first-order chi connectivity index (χ1) is 11.5. The maximum atomic E-state index is 12.4. The van der Waals surface area contributed by atoms with Gasteiger partial charge in [-0.25, -0.2) is 0 Å². The first-order valence-corrected chi connectivity index (χ1v) is 8.63. The maximum absolute atomic E-state index is 12.4. The van der Waals surface area contributed by atoms with Crippen LogP contribution >= 0.6 is 0 Å². The Kier molecular flexibility index (Phi) is 4.71. The number of benzene rings is 1. The molecular formula is C19H25N3O2. The van der Waals surface area contributed by atoms with E-state index in [1.807, 2.05) is 30.9 Å². The summed E-state index contributed by atoms with van der Waals surface area (Å²) < 4.78 is 0. The van der Waals surface area contributed by atoms with Crippen LogP contribution in [0.15, 0.2) is 23.0 Å². The second-order valence-corrected chi connectivity index (χ2v) is 6.73. The van der Waals surface area contributed by atoms with Crippen molar-refractivity contribution >= 4 is 16.8 Å². The second kappa shape index (κ2) is 6.77. The number of amides is 1. The Bertz CT molecular complexity index is 825. The number of likely N-dealkylation sites (tertiary alicyclic amines) is 1. The predicted octanol–water partition coefficient (Wildman–Crippen LogP) is 2.25. The summed E-state index contributed by atoms with van der Waals surface area (Å²) in [6, 6.07) is 5.84. The highest BCUT2D eigenvalue weighted by atomic mass is 16.2. The molecule has 5 nitrogen and oxygen atoms in total. The number of carbonyl (C=O) groups is 1. The van der Waals surface area contributed by atoms with Crippen LogP contribution in [0.5, 0.6) is 0 Å². The van der Waals surface area contributed by atoms with Crippen molar-refractivity contribution in [1.82, 2.24) is 15.2 Å². The van der Waals surface area contributed by atoms with Crippen molar-refractivity contribution in [2.24, 2.45) is 0 Å². The predicted molar refractivity (Wildman–Crippen MR) is 96.2 cm³/mol. The molecule has 1 fully saturated rings. The zero-order valence-electron chi connectivity index (χ0n) is 14.6. The van der Waals surface area contributed by atoms with Gasteiger partial charge in [-0.3, -0.25) is 9.59 Å². The lowest BCUT2D eigenvalue weighted by atomic mass is 10.0. The van der Waals surface area contributed by atoms with E-state index in [-0.39, 0.29) is 17.4 Å². The minimum Gasteiger partial charge on any atom is -0.357 e. The number of H-pyrrole nitrogens is 1. The summed E-state index contributed by atoms with van der Waals surface area (Å²) in [7, 11) is 0. The van der Waals surface area contributed by atoms with Crippen molar-refractivity contribution in [3.63, 3.8) is 0 Å². The van der Waals surface area contributed by atoms with Gasteiger partial charge in [0, 0.05) is 49.2 Å². The zero-order chi connectivity index (χ0) is 17.3. The molecular weight excluding hydrogens is 302 g/mol. The number of nitrogens with one attached hydrogen (secondary N) is 2. The fourth-order valence-electron chi connectivity index (χ4n) is 3.46. The monoisotopic (exact) mass is 327 g/mol. The van der Waals surface area contributed by atoms with Gasteiger partial charge in [0.1, 0.15) is 0 Å². The van der Waals surface area contributed by atoms with Crippen molar-refractivity contribution in [3.05, 3.63) is 45.2 Å². The van der Waals surface area contributed by atoms with E-state index in [1.165, 1.54) is 0 Å². The van der Waals surface area contributed by atoms with Crippen LogP contribution < -0.4 is 10.7 Å². The summed E-state index contributed by atoms with van der Waals surface area (Å²) in [6.45, 7) is 8.19. The largest absolute Gasteiger partial charge is 0.357 e. The molecule has 1 aliphatic heterocycles. The first kappa shape index (κ1) is 16.7. The second-order valence-electron chi connectivity index (χ2n) is 6.73. The Morgan fingerprint density at radius 2 is 2.00 bits per heavy atom. The SMILES string of the molecule is CCCN1C[C@H](NCc2cc(=O)c3c(C)ccc(C)c3[nH]2)CC1=O. The molecule has 2 N–H and O–H groups in total. The number of aromatic nitrogens is 1. The molecule has 2 heterocycles. The molecule has 24 heavy (non-hydrogen) atoms. The lowest BCUT2D eigenvalue weighted by Crippen LogP contribution is -2.33. The Morgan fingerprint density at radius 3 is 2.75 bits per heavy atom. The van der Waals surface area contributed by atoms with E-state index in [0.29, 0.717) is 13.0 Å². The van der Waals surface area contributed by atoms with Gasteiger partial charge in [0.05, 0.1) is 5.52 Å². The molecule has 1 aromatic carbocycles. The van der Waals surface area contributed by atoms with E-state index < -0.39 is 0 Å². The molecule has 1 amide bonds. The molecule has 5 heteroatoms. The summed E-state index contributed by atoms with van der Waals surface area (Å²) in [4.78, 5) is 29.7. The van der Waals surface area contributed by atoms with Crippen molar-refractivity contribution in [2.75, 3.05) is 13.1 Å². The third-order valence-electron chi connectivity index (χ3n) is 4.75. The number of nitrogens with zero attached hydrogens (tertiary/aromatic N) is 1. The van der Waals surface area contributed by atoms with Crippen LogP contribution in [0.1, 0.15) is 36.6 Å². The molecule has 0 bridgehead atoms. The molecule has 1 atom stereocenters. The number of pyridine rings is 1. The van der Waals surface area contributed by atoms with Crippen molar-refractivity contribution in [2.45, 2.75) is 46.2 Å². The Morgan fingerprint density at radius 1 is 1.25 bits per heavy atom. The number of hydrogen-bond acceptors (Lipinski definition) is 3. The van der Waals surface area contributed by atoms with Gasteiger partial charge in [-0.05, 0) is 31.4 Å². The third kappa shape index (κ3) is 3.22. The van der Waals surface area contributed by atoms with Gasteiger partial charge in [-0.15, -0.1) is 0 Å². The molecule has 3 rings (SSSR count). The van der Waals surface area contributed by atoms with Crippen LogP contribution in [-0.4, -0.2) is 34.9 Å². The standard InChI is InChI=1S/C19H25N3O2/c1-4-7-22-11-15(9-17(22)24)20-10-14-8-16(23)18-12(2)5-6-13(3)19(18)21-14/h5-6,8,15,20H,4,7,9-11H2,1-3H3,(H,21,23)/t15-/m1/s1. The average Bonchev–Trinajstić information content (AvgIpc) is 2.89. The minimum absolute atomic E-state index is 0.0526. The molecule has 2 aromatic rings. The van der Waals surface area contributed by atoms with E-state index >= 15 is 0 Å². The van der Waals surface area contributed by atoms with Gasteiger partial charge >= 0.3 is 0 Å². The molecule has 0 saturated carbocycles. The van der Waals surface area contributed by atoms with Crippen molar-refractivity contribution in [3.8, 4) is 0 Å². The smallest absolute Gasteiger partial charge is 0.224 e. The molecule has 1 saturated heterocycles. The van der Waals surface area contributed by atoms with Gasteiger partial charge in [-0.1, -0.05) is 19.1 Å². The summed E-state index contributed by atoms with van der Waals surface area (Å²) in [5, 5.41) is 4.18. The summed E-state index contributed by atoms with van der Waals surface area (Å²) in [6.07, 6.45) is 1.52. The van der Waals surface area contributed by atoms with Gasteiger partial charge < -0.3 is 15.2 Å². The van der Waals surface area contributed by atoms with Crippen molar-refractivity contribution < 1.29 is 4.79 Å². The molecule has 0 radical (unpaired) electrons. The van der Waals surface area contributed by atoms with E-state index in [2.05, 4.69) is 17.2 Å². The van der Waals surface area contributed by atoms with Gasteiger partial charge in [-0.2, -0.15) is 0 Å². The molecule has 0 spiro atoms. The highest BCUT2D eigenvalue weighted by Crippen LogP contribution is 2.18. The number of hydrogen-bond donors (Lipinski definition) is 2. The first-order valence-electron chi connectivity index (χ1n) is 8.63. The molecule has 0 unspecified atom stereocenters.